The fourth-order valence-corrected chi connectivity index (χ4v) is 2.65. The van der Waals surface area contributed by atoms with Crippen molar-refractivity contribution in [3.63, 3.8) is 0 Å². The number of rotatable bonds is 2. The Kier molecular flexibility index (Phi) is 3.79. The molecule has 1 saturated heterocycles. The van der Waals surface area contributed by atoms with Gasteiger partial charge in [-0.15, -0.1) is 0 Å². The maximum atomic E-state index is 13.9. The second-order valence-corrected chi connectivity index (χ2v) is 5.55. The van der Waals surface area contributed by atoms with Crippen molar-refractivity contribution in [1.82, 2.24) is 9.88 Å². The maximum absolute atomic E-state index is 13.9. The molecule has 4 nitrogen and oxygen atoms in total. The van der Waals surface area contributed by atoms with Gasteiger partial charge in [0.2, 0.25) is 0 Å². The predicted molar refractivity (Wildman–Crippen MR) is 81.2 cm³/mol. The number of nitrogens with zero attached hydrogens (tertiary/aromatic N) is 2. The van der Waals surface area contributed by atoms with E-state index in [0.29, 0.717) is 22.4 Å². The summed E-state index contributed by atoms with van der Waals surface area (Å²) in [5, 5.41) is 9.50. The SMILES string of the molecule is Cc1cc(-c2ccc(C(=O)N3CCCC3)cn2)c(F)cc1O. The molecule has 1 aromatic carbocycles. The Balaban J connectivity index is 1.88. The maximum Gasteiger partial charge on any atom is 0.255 e. The minimum atomic E-state index is -0.533. The molecule has 1 aromatic heterocycles. The van der Waals surface area contributed by atoms with Crippen molar-refractivity contribution in [3.05, 3.63) is 47.4 Å². The van der Waals surface area contributed by atoms with Gasteiger partial charge in [0.25, 0.3) is 5.91 Å². The molecular formula is C17H17FN2O2. The first-order chi connectivity index (χ1) is 10.6. The van der Waals surface area contributed by atoms with Gasteiger partial charge in [-0.1, -0.05) is 0 Å². The number of carbonyl (C=O) groups is 1. The summed E-state index contributed by atoms with van der Waals surface area (Å²) < 4.78 is 13.9. The topological polar surface area (TPSA) is 53.4 Å². The van der Waals surface area contributed by atoms with Crippen LogP contribution in [0.1, 0.15) is 28.8 Å². The normalized spacial score (nSPS) is 14.4. The van der Waals surface area contributed by atoms with Crippen LogP contribution in [0.2, 0.25) is 0 Å². The van der Waals surface area contributed by atoms with Crippen molar-refractivity contribution in [2.75, 3.05) is 13.1 Å². The Morgan fingerprint density at radius 3 is 2.64 bits per heavy atom. The summed E-state index contributed by atoms with van der Waals surface area (Å²) in [5.41, 5.74) is 1.85. The third-order valence-electron chi connectivity index (χ3n) is 3.97. The number of pyridine rings is 1. The van der Waals surface area contributed by atoms with Gasteiger partial charge in [0.05, 0.1) is 11.3 Å². The summed E-state index contributed by atoms with van der Waals surface area (Å²) in [6.45, 7) is 3.27. The first kappa shape index (κ1) is 14.5. The summed E-state index contributed by atoms with van der Waals surface area (Å²) in [4.78, 5) is 18.3. The van der Waals surface area contributed by atoms with Gasteiger partial charge in [0, 0.05) is 30.9 Å². The molecule has 2 aromatic rings. The highest BCUT2D eigenvalue weighted by Gasteiger charge is 2.20. The van der Waals surface area contributed by atoms with Crippen LogP contribution in [0.3, 0.4) is 0 Å². The number of aromatic hydroxyl groups is 1. The van der Waals surface area contributed by atoms with Crippen LogP contribution in [-0.4, -0.2) is 34.0 Å². The minimum absolute atomic E-state index is 0.0288. The van der Waals surface area contributed by atoms with Crippen molar-refractivity contribution in [2.45, 2.75) is 19.8 Å². The van der Waals surface area contributed by atoms with E-state index in [-0.39, 0.29) is 11.7 Å². The minimum Gasteiger partial charge on any atom is -0.508 e. The molecule has 1 aliphatic rings. The van der Waals surface area contributed by atoms with Crippen LogP contribution in [0.25, 0.3) is 11.3 Å². The van der Waals surface area contributed by atoms with Gasteiger partial charge in [0.1, 0.15) is 11.6 Å². The number of likely N-dealkylation sites (tertiary alicyclic amines) is 1. The van der Waals surface area contributed by atoms with E-state index in [2.05, 4.69) is 4.98 Å². The summed E-state index contributed by atoms with van der Waals surface area (Å²) in [5.74, 6) is -0.643. The van der Waals surface area contributed by atoms with Gasteiger partial charge < -0.3 is 10.0 Å². The van der Waals surface area contributed by atoms with Crippen LogP contribution in [0.15, 0.2) is 30.5 Å². The van der Waals surface area contributed by atoms with Crippen molar-refractivity contribution < 1.29 is 14.3 Å². The molecule has 3 rings (SSSR count). The highest BCUT2D eigenvalue weighted by molar-refractivity contribution is 5.94. The van der Waals surface area contributed by atoms with E-state index in [1.165, 1.54) is 6.20 Å². The number of hydrogen-bond acceptors (Lipinski definition) is 3. The van der Waals surface area contributed by atoms with Crippen LogP contribution in [0.4, 0.5) is 4.39 Å². The standard InChI is InChI=1S/C17H17FN2O2/c1-11-8-13(14(18)9-16(11)21)15-5-4-12(10-19-15)17(22)20-6-2-3-7-20/h4-5,8-10,21H,2-3,6-7H2,1H3. The average Bonchev–Trinajstić information content (AvgIpc) is 3.05. The van der Waals surface area contributed by atoms with E-state index in [4.69, 9.17) is 0 Å². The predicted octanol–water partition coefficient (Wildman–Crippen LogP) is 3.14. The molecule has 0 atom stereocenters. The average molecular weight is 300 g/mol. The lowest BCUT2D eigenvalue weighted by Gasteiger charge is -2.15. The lowest BCUT2D eigenvalue weighted by atomic mass is 10.1. The molecule has 1 aliphatic heterocycles. The number of aromatic nitrogens is 1. The number of benzene rings is 1. The molecule has 0 bridgehead atoms. The van der Waals surface area contributed by atoms with Crippen LogP contribution in [0, 0.1) is 12.7 Å². The van der Waals surface area contributed by atoms with Crippen molar-refractivity contribution in [1.29, 1.82) is 0 Å². The monoisotopic (exact) mass is 300 g/mol. The zero-order chi connectivity index (χ0) is 15.7. The van der Waals surface area contributed by atoms with Crippen molar-refractivity contribution in [3.8, 4) is 17.0 Å². The van der Waals surface area contributed by atoms with Gasteiger partial charge >= 0.3 is 0 Å². The van der Waals surface area contributed by atoms with E-state index in [0.717, 1.165) is 32.0 Å². The molecule has 114 valence electrons. The summed E-state index contributed by atoms with van der Waals surface area (Å²) in [6, 6.07) is 5.94. The molecule has 0 radical (unpaired) electrons. The Bertz CT molecular complexity index is 707. The van der Waals surface area contributed by atoms with Crippen LogP contribution >= 0.6 is 0 Å². The Hall–Kier alpha value is -2.43. The zero-order valence-corrected chi connectivity index (χ0v) is 12.3. The lowest BCUT2D eigenvalue weighted by Crippen LogP contribution is -2.27. The fourth-order valence-electron chi connectivity index (χ4n) is 2.65. The number of carbonyl (C=O) groups excluding carboxylic acids is 1. The number of aryl methyl sites for hydroxylation is 1. The first-order valence-corrected chi connectivity index (χ1v) is 7.31. The first-order valence-electron chi connectivity index (χ1n) is 7.31. The molecular weight excluding hydrogens is 283 g/mol. The third kappa shape index (κ3) is 2.66. The van der Waals surface area contributed by atoms with Gasteiger partial charge in [-0.05, 0) is 43.5 Å². The summed E-state index contributed by atoms with van der Waals surface area (Å²) >= 11 is 0. The summed E-state index contributed by atoms with van der Waals surface area (Å²) in [6.07, 6.45) is 3.56. The second-order valence-electron chi connectivity index (χ2n) is 5.55. The Morgan fingerprint density at radius 1 is 1.27 bits per heavy atom. The van der Waals surface area contributed by atoms with Gasteiger partial charge in [-0.3, -0.25) is 9.78 Å². The number of amides is 1. The van der Waals surface area contributed by atoms with E-state index in [1.54, 1.807) is 25.1 Å². The van der Waals surface area contributed by atoms with E-state index in [9.17, 15) is 14.3 Å². The molecule has 1 N–H and O–H groups in total. The smallest absolute Gasteiger partial charge is 0.255 e. The lowest BCUT2D eigenvalue weighted by molar-refractivity contribution is 0.0792. The number of phenols is 1. The Labute approximate surface area is 128 Å². The van der Waals surface area contributed by atoms with Crippen LogP contribution in [0.5, 0.6) is 5.75 Å². The highest BCUT2D eigenvalue weighted by atomic mass is 19.1. The van der Waals surface area contributed by atoms with Gasteiger partial charge in [0.15, 0.2) is 0 Å². The second kappa shape index (κ2) is 5.75. The molecule has 0 spiro atoms. The number of phenolic OH excluding ortho intramolecular Hbond substituents is 1. The summed E-state index contributed by atoms with van der Waals surface area (Å²) in [7, 11) is 0. The number of halogens is 1. The molecule has 1 fully saturated rings. The van der Waals surface area contributed by atoms with E-state index < -0.39 is 5.82 Å². The fraction of sp³-hybridized carbons (Fsp3) is 0.294. The van der Waals surface area contributed by atoms with Crippen molar-refractivity contribution >= 4 is 5.91 Å². The van der Waals surface area contributed by atoms with Crippen LogP contribution in [-0.2, 0) is 0 Å². The quantitative estimate of drug-likeness (QED) is 0.927. The third-order valence-corrected chi connectivity index (χ3v) is 3.97. The highest BCUT2D eigenvalue weighted by Crippen LogP contribution is 2.27. The van der Waals surface area contributed by atoms with Gasteiger partial charge in [-0.25, -0.2) is 4.39 Å². The largest absolute Gasteiger partial charge is 0.508 e. The van der Waals surface area contributed by atoms with Crippen LogP contribution < -0.4 is 0 Å². The molecule has 5 heteroatoms. The molecule has 0 aliphatic carbocycles. The van der Waals surface area contributed by atoms with Gasteiger partial charge in [-0.2, -0.15) is 0 Å². The Morgan fingerprint density at radius 2 is 2.00 bits per heavy atom. The molecule has 2 heterocycles. The van der Waals surface area contributed by atoms with E-state index >= 15 is 0 Å². The molecule has 1 amide bonds. The van der Waals surface area contributed by atoms with Crippen molar-refractivity contribution in [2.24, 2.45) is 0 Å². The zero-order valence-electron chi connectivity index (χ0n) is 12.3. The van der Waals surface area contributed by atoms with E-state index in [1.807, 2.05) is 4.90 Å². The molecule has 0 unspecified atom stereocenters. The molecule has 22 heavy (non-hydrogen) atoms. The number of hydrogen-bond donors (Lipinski definition) is 1. The molecule has 0 saturated carbocycles.